The van der Waals surface area contributed by atoms with Gasteiger partial charge >= 0.3 is 0 Å². The average Bonchev–Trinajstić information content (AvgIpc) is 3.34. The molecule has 0 unspecified atom stereocenters. The van der Waals surface area contributed by atoms with Gasteiger partial charge in [0.2, 0.25) is 0 Å². The number of pyridine rings is 2. The Labute approximate surface area is 211 Å². The summed E-state index contributed by atoms with van der Waals surface area (Å²) in [4.78, 5) is 18.8. The maximum Gasteiger partial charge on any atom is 0.180 e. The number of benzene rings is 1. The summed E-state index contributed by atoms with van der Waals surface area (Å²) in [6.45, 7) is 12.7. The number of rotatable bonds is 5. The van der Waals surface area contributed by atoms with Crippen LogP contribution in [-0.4, -0.2) is 59.1 Å². The molecule has 8 heteroatoms. The molecule has 3 N–H and O–H groups in total. The summed E-state index contributed by atoms with van der Waals surface area (Å²) in [7, 11) is 1.86. The predicted octanol–water partition coefficient (Wildman–Crippen LogP) is 5.24. The van der Waals surface area contributed by atoms with E-state index < -0.39 is 0 Å². The van der Waals surface area contributed by atoms with Crippen LogP contribution in [0.5, 0.6) is 0 Å². The Kier molecular flexibility index (Phi) is 7.94. The lowest BCUT2D eigenvalue weighted by molar-refractivity contribution is 0.209. The first-order valence-corrected chi connectivity index (χ1v) is 12.6. The SMILES string of the molecule is C=Cc1ccnc(N2CCN(C(C)C)CC2)c1.CNc1cc2cc(-c3cnc(N)s3)ccc2cn1. The Morgan fingerprint density at radius 2 is 1.80 bits per heavy atom. The van der Waals surface area contributed by atoms with Crippen molar-refractivity contribution in [1.29, 1.82) is 0 Å². The van der Waals surface area contributed by atoms with Gasteiger partial charge < -0.3 is 16.0 Å². The van der Waals surface area contributed by atoms with Crippen molar-refractivity contribution in [2.24, 2.45) is 0 Å². The third-order valence-corrected chi connectivity index (χ3v) is 7.04. The molecule has 35 heavy (non-hydrogen) atoms. The highest BCUT2D eigenvalue weighted by molar-refractivity contribution is 7.18. The Bertz CT molecular complexity index is 1280. The molecule has 0 radical (unpaired) electrons. The molecule has 0 saturated carbocycles. The number of nitrogens with two attached hydrogens (primary N) is 1. The van der Waals surface area contributed by atoms with Crippen LogP contribution in [-0.2, 0) is 0 Å². The molecule has 0 spiro atoms. The number of hydrogen-bond acceptors (Lipinski definition) is 8. The number of aromatic nitrogens is 3. The molecule has 7 nitrogen and oxygen atoms in total. The van der Waals surface area contributed by atoms with Crippen molar-refractivity contribution in [3.63, 3.8) is 0 Å². The van der Waals surface area contributed by atoms with Crippen LogP contribution in [0.2, 0.25) is 0 Å². The van der Waals surface area contributed by atoms with Gasteiger partial charge in [-0.1, -0.05) is 36.1 Å². The molecule has 1 aliphatic rings. The number of hydrogen-bond donors (Lipinski definition) is 2. The molecule has 4 aromatic rings. The standard InChI is InChI=1S/C14H21N3.C13H12N4S/c1-4-13-5-6-15-14(11-13)17-9-7-16(8-10-17)12(2)3;1-15-12-5-10-4-8(2-3-9(10)6-16-12)11-7-17-13(14)18-11/h4-6,11-12H,1,7-10H2,2-3H3;2-7H,1H3,(H2,14,17)(H,15,16). The number of anilines is 3. The monoisotopic (exact) mass is 487 g/mol. The molecule has 0 bridgehead atoms. The van der Waals surface area contributed by atoms with E-state index in [0.29, 0.717) is 11.2 Å². The lowest BCUT2D eigenvalue weighted by Gasteiger charge is -2.37. The smallest absolute Gasteiger partial charge is 0.180 e. The second-order valence-electron chi connectivity index (χ2n) is 8.71. The normalized spacial score (nSPS) is 14.0. The van der Waals surface area contributed by atoms with Crippen LogP contribution in [0.3, 0.4) is 0 Å². The quantitative estimate of drug-likeness (QED) is 0.398. The minimum absolute atomic E-state index is 0.593. The summed E-state index contributed by atoms with van der Waals surface area (Å²) in [6, 6.07) is 13.0. The highest BCUT2D eigenvalue weighted by atomic mass is 32.1. The van der Waals surface area contributed by atoms with E-state index in [-0.39, 0.29) is 0 Å². The topological polar surface area (TPSA) is 83.2 Å². The van der Waals surface area contributed by atoms with Gasteiger partial charge in [-0.2, -0.15) is 0 Å². The van der Waals surface area contributed by atoms with E-state index in [0.717, 1.165) is 64.6 Å². The Morgan fingerprint density at radius 1 is 1.00 bits per heavy atom. The van der Waals surface area contributed by atoms with Crippen LogP contribution in [0.25, 0.3) is 27.3 Å². The number of nitrogens with one attached hydrogen (secondary N) is 1. The van der Waals surface area contributed by atoms with Gasteiger partial charge in [-0.3, -0.25) is 4.90 Å². The van der Waals surface area contributed by atoms with Crippen molar-refractivity contribution in [3.05, 3.63) is 67.1 Å². The van der Waals surface area contributed by atoms with Gasteiger partial charge in [0.1, 0.15) is 11.6 Å². The van der Waals surface area contributed by atoms with Crippen molar-refractivity contribution in [1.82, 2.24) is 19.9 Å². The predicted molar refractivity (Wildman–Crippen MR) is 150 cm³/mol. The molecule has 3 aromatic heterocycles. The van der Waals surface area contributed by atoms with Crippen LogP contribution in [0.1, 0.15) is 19.4 Å². The molecular formula is C27H33N7S. The molecule has 1 fully saturated rings. The third-order valence-electron chi connectivity index (χ3n) is 6.16. The molecule has 5 rings (SSSR count). The molecule has 1 saturated heterocycles. The van der Waals surface area contributed by atoms with Crippen molar-refractivity contribution in [3.8, 4) is 10.4 Å². The van der Waals surface area contributed by atoms with Crippen molar-refractivity contribution < 1.29 is 0 Å². The molecular weight excluding hydrogens is 454 g/mol. The first kappa shape index (κ1) is 24.6. The van der Waals surface area contributed by atoms with E-state index in [2.05, 4.69) is 74.8 Å². The highest BCUT2D eigenvalue weighted by Crippen LogP contribution is 2.30. The second-order valence-corrected chi connectivity index (χ2v) is 9.77. The van der Waals surface area contributed by atoms with E-state index >= 15 is 0 Å². The number of thiazole rings is 1. The Balaban J connectivity index is 0.000000165. The van der Waals surface area contributed by atoms with Crippen molar-refractivity contribution >= 4 is 45.0 Å². The zero-order valence-corrected chi connectivity index (χ0v) is 21.4. The first-order valence-electron chi connectivity index (χ1n) is 11.8. The fraction of sp³-hybridized carbons (Fsp3) is 0.296. The minimum Gasteiger partial charge on any atom is -0.375 e. The van der Waals surface area contributed by atoms with Crippen LogP contribution < -0.4 is 16.0 Å². The highest BCUT2D eigenvalue weighted by Gasteiger charge is 2.19. The van der Waals surface area contributed by atoms with E-state index in [1.54, 1.807) is 6.20 Å². The number of nitrogens with zero attached hydrogens (tertiary/aromatic N) is 5. The zero-order valence-electron chi connectivity index (χ0n) is 20.6. The maximum absolute atomic E-state index is 5.66. The summed E-state index contributed by atoms with van der Waals surface area (Å²) < 4.78 is 0. The summed E-state index contributed by atoms with van der Waals surface area (Å²) >= 11 is 1.49. The molecule has 0 amide bonds. The number of fused-ring (bicyclic) bond motifs is 1. The zero-order chi connectivity index (χ0) is 24.8. The lowest BCUT2D eigenvalue weighted by atomic mass is 10.1. The van der Waals surface area contributed by atoms with E-state index in [9.17, 15) is 0 Å². The Hall–Kier alpha value is -3.49. The molecule has 0 aliphatic carbocycles. The molecule has 4 heterocycles. The summed E-state index contributed by atoms with van der Waals surface area (Å²) in [5.41, 5.74) is 7.93. The van der Waals surface area contributed by atoms with E-state index in [1.165, 1.54) is 11.3 Å². The summed E-state index contributed by atoms with van der Waals surface area (Å²) in [6.07, 6.45) is 7.41. The van der Waals surface area contributed by atoms with Gasteiger partial charge in [0, 0.05) is 63.2 Å². The van der Waals surface area contributed by atoms with Crippen LogP contribution in [0.15, 0.2) is 61.6 Å². The van der Waals surface area contributed by atoms with Gasteiger partial charge in [0.25, 0.3) is 0 Å². The minimum atomic E-state index is 0.593. The maximum atomic E-state index is 5.66. The van der Waals surface area contributed by atoms with Gasteiger partial charge in [0.15, 0.2) is 5.13 Å². The number of piperazine rings is 1. The molecule has 0 atom stereocenters. The van der Waals surface area contributed by atoms with Crippen molar-refractivity contribution in [2.75, 3.05) is 49.2 Å². The lowest BCUT2D eigenvalue weighted by Crippen LogP contribution is -2.49. The van der Waals surface area contributed by atoms with E-state index in [1.807, 2.05) is 37.7 Å². The largest absolute Gasteiger partial charge is 0.375 e. The summed E-state index contributed by atoms with van der Waals surface area (Å²) in [5, 5.41) is 5.91. The fourth-order valence-electron chi connectivity index (χ4n) is 4.05. The van der Waals surface area contributed by atoms with Gasteiger partial charge in [0.05, 0.1) is 4.88 Å². The van der Waals surface area contributed by atoms with Crippen LogP contribution in [0.4, 0.5) is 16.8 Å². The molecule has 1 aromatic carbocycles. The molecule has 182 valence electrons. The summed E-state index contributed by atoms with van der Waals surface area (Å²) in [5.74, 6) is 1.94. The third kappa shape index (κ3) is 6.15. The van der Waals surface area contributed by atoms with Crippen LogP contribution >= 0.6 is 11.3 Å². The number of nitrogen functional groups attached to an aromatic ring is 1. The van der Waals surface area contributed by atoms with Gasteiger partial charge in [-0.15, -0.1) is 0 Å². The van der Waals surface area contributed by atoms with Crippen molar-refractivity contribution in [2.45, 2.75) is 19.9 Å². The average molecular weight is 488 g/mol. The van der Waals surface area contributed by atoms with Gasteiger partial charge in [-0.05, 0) is 54.6 Å². The Morgan fingerprint density at radius 3 is 2.46 bits per heavy atom. The van der Waals surface area contributed by atoms with Gasteiger partial charge in [-0.25, -0.2) is 15.0 Å². The second kappa shape index (κ2) is 11.3. The first-order chi connectivity index (χ1) is 17.0. The van der Waals surface area contributed by atoms with E-state index in [4.69, 9.17) is 5.73 Å². The fourth-order valence-corrected chi connectivity index (χ4v) is 4.73. The van der Waals surface area contributed by atoms with Crippen LogP contribution in [0, 0.1) is 0 Å². The molecule has 1 aliphatic heterocycles.